The van der Waals surface area contributed by atoms with E-state index in [1.807, 2.05) is 6.07 Å². The predicted molar refractivity (Wildman–Crippen MR) is 70.2 cm³/mol. The smallest absolute Gasteiger partial charge is 0.231 e. The van der Waals surface area contributed by atoms with Gasteiger partial charge in [0.1, 0.15) is 0 Å². The number of carbonyl (C=O) groups is 1. The summed E-state index contributed by atoms with van der Waals surface area (Å²) in [5.41, 5.74) is 5.18. The van der Waals surface area contributed by atoms with Crippen LogP contribution >= 0.6 is 22.9 Å². The Morgan fingerprint density at radius 1 is 1.29 bits per heavy atom. The largest absolute Gasteiger partial charge is 0.369 e. The molecular formula is C11H16ClN3OS. The summed E-state index contributed by atoms with van der Waals surface area (Å²) >= 11 is 7.53. The van der Waals surface area contributed by atoms with Crippen LogP contribution in [0.25, 0.3) is 0 Å². The monoisotopic (exact) mass is 273 g/mol. The summed E-state index contributed by atoms with van der Waals surface area (Å²) in [6.07, 6.45) is 0. The first kappa shape index (κ1) is 12.8. The Hall–Kier alpha value is -0.620. The molecule has 0 saturated carbocycles. The molecule has 94 valence electrons. The summed E-state index contributed by atoms with van der Waals surface area (Å²) in [7, 11) is 0. The zero-order valence-electron chi connectivity index (χ0n) is 9.56. The summed E-state index contributed by atoms with van der Waals surface area (Å²) in [6.45, 7) is 5.08. The molecule has 4 nitrogen and oxygen atoms in total. The molecule has 0 aromatic carbocycles. The Balaban J connectivity index is 1.77. The van der Waals surface area contributed by atoms with Crippen molar-refractivity contribution in [1.29, 1.82) is 0 Å². The van der Waals surface area contributed by atoms with Crippen molar-refractivity contribution in [2.24, 2.45) is 5.73 Å². The molecule has 1 aromatic heterocycles. The SMILES string of the molecule is NC(=O)CN1CCN(Cc2ccc(Cl)s2)CC1. The Kier molecular flexibility index (Phi) is 4.39. The van der Waals surface area contributed by atoms with Gasteiger partial charge in [-0.15, -0.1) is 11.3 Å². The molecule has 0 spiro atoms. The number of nitrogens with two attached hydrogens (primary N) is 1. The third-order valence-electron chi connectivity index (χ3n) is 2.85. The second-order valence-corrected chi connectivity index (χ2v) is 6.02. The number of amides is 1. The minimum Gasteiger partial charge on any atom is -0.369 e. The minimum absolute atomic E-state index is 0.247. The third-order valence-corrected chi connectivity index (χ3v) is 4.07. The van der Waals surface area contributed by atoms with Crippen molar-refractivity contribution in [3.05, 3.63) is 21.3 Å². The predicted octanol–water partition coefficient (Wildman–Crippen LogP) is 1.00. The van der Waals surface area contributed by atoms with Gasteiger partial charge in [0.05, 0.1) is 10.9 Å². The van der Waals surface area contributed by atoms with E-state index in [4.69, 9.17) is 17.3 Å². The maximum absolute atomic E-state index is 10.8. The average Bonchev–Trinajstić information content (AvgIpc) is 2.66. The zero-order valence-corrected chi connectivity index (χ0v) is 11.1. The van der Waals surface area contributed by atoms with Crippen molar-refractivity contribution >= 4 is 28.8 Å². The van der Waals surface area contributed by atoms with Crippen molar-refractivity contribution < 1.29 is 4.79 Å². The maximum Gasteiger partial charge on any atom is 0.231 e. The number of carbonyl (C=O) groups excluding carboxylic acids is 1. The molecule has 0 atom stereocenters. The number of nitrogens with zero attached hydrogens (tertiary/aromatic N) is 2. The second-order valence-electron chi connectivity index (χ2n) is 4.22. The van der Waals surface area contributed by atoms with E-state index >= 15 is 0 Å². The van der Waals surface area contributed by atoms with Gasteiger partial charge < -0.3 is 5.73 Å². The van der Waals surface area contributed by atoms with E-state index in [-0.39, 0.29) is 5.91 Å². The van der Waals surface area contributed by atoms with Crippen LogP contribution in [-0.2, 0) is 11.3 Å². The lowest BCUT2D eigenvalue weighted by Gasteiger charge is -2.33. The molecule has 1 amide bonds. The summed E-state index contributed by atoms with van der Waals surface area (Å²) in [4.78, 5) is 16.6. The fraction of sp³-hybridized carbons (Fsp3) is 0.545. The van der Waals surface area contributed by atoms with Crippen LogP contribution < -0.4 is 5.73 Å². The highest BCUT2D eigenvalue weighted by Gasteiger charge is 2.18. The quantitative estimate of drug-likeness (QED) is 0.891. The van der Waals surface area contributed by atoms with Gasteiger partial charge >= 0.3 is 0 Å². The summed E-state index contributed by atoms with van der Waals surface area (Å²) < 4.78 is 0.840. The van der Waals surface area contributed by atoms with E-state index in [2.05, 4.69) is 15.9 Å². The van der Waals surface area contributed by atoms with Crippen LogP contribution in [0.3, 0.4) is 0 Å². The lowest BCUT2D eigenvalue weighted by molar-refractivity contribution is -0.119. The average molecular weight is 274 g/mol. The first-order chi connectivity index (χ1) is 8.13. The molecule has 2 N–H and O–H groups in total. The number of primary amides is 1. The fourth-order valence-corrected chi connectivity index (χ4v) is 3.11. The van der Waals surface area contributed by atoms with Crippen LogP contribution in [0.1, 0.15) is 4.88 Å². The van der Waals surface area contributed by atoms with Crippen LogP contribution in [0.2, 0.25) is 4.34 Å². The molecule has 2 rings (SSSR count). The minimum atomic E-state index is -0.247. The fourth-order valence-electron chi connectivity index (χ4n) is 1.98. The van der Waals surface area contributed by atoms with E-state index < -0.39 is 0 Å². The number of hydrogen-bond donors (Lipinski definition) is 1. The Bertz CT molecular complexity index is 388. The van der Waals surface area contributed by atoms with Crippen molar-refractivity contribution in [2.45, 2.75) is 6.54 Å². The van der Waals surface area contributed by atoms with Gasteiger partial charge in [-0.3, -0.25) is 14.6 Å². The van der Waals surface area contributed by atoms with E-state index in [1.165, 1.54) is 4.88 Å². The molecule has 0 unspecified atom stereocenters. The first-order valence-corrected chi connectivity index (χ1v) is 6.80. The van der Waals surface area contributed by atoms with E-state index in [9.17, 15) is 4.79 Å². The molecule has 6 heteroatoms. The number of hydrogen-bond acceptors (Lipinski definition) is 4. The second kappa shape index (κ2) is 5.82. The van der Waals surface area contributed by atoms with E-state index in [0.29, 0.717) is 6.54 Å². The van der Waals surface area contributed by atoms with Gasteiger partial charge in [0.15, 0.2) is 0 Å². The van der Waals surface area contributed by atoms with Gasteiger partial charge in [0.25, 0.3) is 0 Å². The zero-order chi connectivity index (χ0) is 12.3. The van der Waals surface area contributed by atoms with Crippen LogP contribution in [0, 0.1) is 0 Å². The molecular weight excluding hydrogens is 258 g/mol. The van der Waals surface area contributed by atoms with Gasteiger partial charge in [-0.05, 0) is 12.1 Å². The molecule has 1 aromatic rings. The summed E-state index contributed by atoms with van der Waals surface area (Å²) in [5.74, 6) is -0.247. The lowest BCUT2D eigenvalue weighted by atomic mass is 10.3. The highest BCUT2D eigenvalue weighted by atomic mass is 35.5. The highest BCUT2D eigenvalue weighted by Crippen LogP contribution is 2.22. The van der Waals surface area contributed by atoms with Crippen LogP contribution in [-0.4, -0.2) is 48.4 Å². The molecule has 0 bridgehead atoms. The van der Waals surface area contributed by atoms with Gasteiger partial charge in [0, 0.05) is 37.6 Å². The normalized spacial score (nSPS) is 18.4. The van der Waals surface area contributed by atoms with E-state index in [1.54, 1.807) is 11.3 Å². The topological polar surface area (TPSA) is 49.6 Å². The van der Waals surface area contributed by atoms with Crippen molar-refractivity contribution in [3.63, 3.8) is 0 Å². The van der Waals surface area contributed by atoms with Gasteiger partial charge in [0.2, 0.25) is 5.91 Å². The molecule has 1 aliphatic heterocycles. The Morgan fingerprint density at radius 2 is 1.94 bits per heavy atom. The Morgan fingerprint density at radius 3 is 2.47 bits per heavy atom. The number of halogens is 1. The number of rotatable bonds is 4. The molecule has 1 fully saturated rings. The standard InChI is InChI=1S/C11H16ClN3OS/c12-10-2-1-9(17-10)7-14-3-5-15(6-4-14)8-11(13)16/h1-2H,3-8H2,(H2,13,16). The molecule has 17 heavy (non-hydrogen) atoms. The highest BCUT2D eigenvalue weighted by molar-refractivity contribution is 7.16. The molecule has 2 heterocycles. The maximum atomic E-state index is 10.8. The molecule has 0 aliphatic carbocycles. The van der Waals surface area contributed by atoms with Crippen LogP contribution in [0.4, 0.5) is 0 Å². The van der Waals surface area contributed by atoms with Crippen molar-refractivity contribution in [2.75, 3.05) is 32.7 Å². The first-order valence-electron chi connectivity index (χ1n) is 5.61. The van der Waals surface area contributed by atoms with Crippen LogP contribution in [0.5, 0.6) is 0 Å². The lowest BCUT2D eigenvalue weighted by Crippen LogP contribution is -2.48. The third kappa shape index (κ3) is 3.96. The molecule has 1 aliphatic rings. The molecule has 0 radical (unpaired) electrons. The van der Waals surface area contributed by atoms with Gasteiger partial charge in [-0.1, -0.05) is 11.6 Å². The van der Waals surface area contributed by atoms with Gasteiger partial charge in [-0.2, -0.15) is 0 Å². The molecule has 1 saturated heterocycles. The summed E-state index contributed by atoms with van der Waals surface area (Å²) in [6, 6.07) is 4.01. The van der Waals surface area contributed by atoms with E-state index in [0.717, 1.165) is 37.1 Å². The van der Waals surface area contributed by atoms with Gasteiger partial charge in [-0.25, -0.2) is 0 Å². The Labute approximate surface area is 110 Å². The number of thiophene rings is 1. The van der Waals surface area contributed by atoms with Crippen LogP contribution in [0.15, 0.2) is 12.1 Å². The summed E-state index contributed by atoms with van der Waals surface area (Å²) in [5, 5.41) is 0. The van der Waals surface area contributed by atoms with Crippen molar-refractivity contribution in [3.8, 4) is 0 Å². The number of piperazine rings is 1. The van der Waals surface area contributed by atoms with Crippen molar-refractivity contribution in [1.82, 2.24) is 9.80 Å².